The van der Waals surface area contributed by atoms with Gasteiger partial charge in [0.05, 0.1) is 24.2 Å². The largest absolute Gasteiger partial charge is 0.462 e. The van der Waals surface area contributed by atoms with E-state index < -0.39 is 12.2 Å². The van der Waals surface area contributed by atoms with E-state index in [0.29, 0.717) is 30.1 Å². The molecule has 1 saturated heterocycles. The topological polar surface area (TPSA) is 87.0 Å². The summed E-state index contributed by atoms with van der Waals surface area (Å²) in [4.78, 5) is 13.1. The fourth-order valence-corrected chi connectivity index (χ4v) is 8.44. The van der Waals surface area contributed by atoms with Crippen molar-refractivity contribution in [3.8, 4) is 0 Å². The summed E-state index contributed by atoms with van der Waals surface area (Å²) in [5.41, 5.74) is -0.0628. The van der Waals surface area contributed by atoms with Crippen LogP contribution in [0.5, 0.6) is 0 Å². The van der Waals surface area contributed by atoms with Crippen molar-refractivity contribution in [2.75, 3.05) is 0 Å². The molecule has 12 atom stereocenters. The molecule has 3 aliphatic carbocycles. The predicted octanol–water partition coefficient (Wildman–Crippen LogP) is 4.17. The van der Waals surface area contributed by atoms with Gasteiger partial charge in [-0.15, -0.1) is 0 Å². The van der Waals surface area contributed by atoms with Crippen molar-refractivity contribution in [2.45, 2.75) is 111 Å². The van der Waals surface area contributed by atoms with Gasteiger partial charge < -0.3 is 20.1 Å². The Labute approximate surface area is 194 Å². The van der Waals surface area contributed by atoms with E-state index in [9.17, 15) is 20.1 Å². The highest BCUT2D eigenvalue weighted by atomic mass is 16.5. The van der Waals surface area contributed by atoms with Crippen LogP contribution >= 0.6 is 0 Å². The number of rotatable bonds is 5. The van der Waals surface area contributed by atoms with Gasteiger partial charge in [0.15, 0.2) is 0 Å². The number of esters is 1. The molecule has 1 heterocycles. The normalized spacial score (nSPS) is 47.6. The molecule has 4 fully saturated rings. The van der Waals surface area contributed by atoms with Crippen molar-refractivity contribution in [2.24, 2.45) is 52.3 Å². The Hall–Kier alpha value is -0.650. The third-order valence-electron chi connectivity index (χ3n) is 11.1. The monoisotopic (exact) mass is 450 g/mol. The average Bonchev–Trinajstić information content (AvgIpc) is 3.10. The minimum Gasteiger partial charge on any atom is -0.462 e. The summed E-state index contributed by atoms with van der Waals surface area (Å²) >= 11 is 0. The van der Waals surface area contributed by atoms with Gasteiger partial charge in [-0.3, -0.25) is 4.79 Å². The van der Waals surface area contributed by atoms with Crippen LogP contribution in [-0.2, 0) is 9.53 Å². The first-order valence-electron chi connectivity index (χ1n) is 13.2. The number of hydrogen-bond donors (Lipinski definition) is 3. The number of carbonyl (C=O) groups is 1. The van der Waals surface area contributed by atoms with Gasteiger partial charge >= 0.3 is 5.97 Å². The second-order valence-electron chi connectivity index (χ2n) is 12.8. The Morgan fingerprint density at radius 3 is 2.19 bits per heavy atom. The summed E-state index contributed by atoms with van der Waals surface area (Å²) in [5.74, 6) is 1.08. The molecule has 184 valence electrons. The minimum atomic E-state index is -0.735. The lowest BCUT2D eigenvalue weighted by Gasteiger charge is -2.59. The van der Waals surface area contributed by atoms with Gasteiger partial charge in [0.2, 0.25) is 0 Å². The lowest BCUT2D eigenvalue weighted by atomic mass is 9.49. The Kier molecular flexibility index (Phi) is 6.53. The first kappa shape index (κ1) is 24.5. The molecule has 4 rings (SSSR count). The molecular weight excluding hydrogens is 404 g/mol. The Morgan fingerprint density at radius 1 is 0.906 bits per heavy atom. The smallest absolute Gasteiger partial charge is 0.309 e. The third-order valence-corrected chi connectivity index (χ3v) is 11.1. The first-order valence-corrected chi connectivity index (χ1v) is 13.2. The lowest BCUT2D eigenvalue weighted by Crippen LogP contribution is -2.61. The van der Waals surface area contributed by atoms with E-state index in [4.69, 9.17) is 4.74 Å². The second-order valence-corrected chi connectivity index (χ2v) is 12.8. The van der Waals surface area contributed by atoms with E-state index in [1.165, 1.54) is 0 Å². The Balaban J connectivity index is 1.54. The van der Waals surface area contributed by atoms with E-state index in [1.807, 2.05) is 6.92 Å². The van der Waals surface area contributed by atoms with Crippen LogP contribution in [0.1, 0.15) is 86.5 Å². The molecule has 3 N–H and O–H groups in total. The van der Waals surface area contributed by atoms with Crippen molar-refractivity contribution >= 4 is 5.97 Å². The molecule has 0 unspecified atom stereocenters. The number of hydrogen-bond acceptors (Lipinski definition) is 5. The minimum absolute atomic E-state index is 0.00482. The molecular formula is C27H46O5. The van der Waals surface area contributed by atoms with Crippen LogP contribution in [0, 0.1) is 52.3 Å². The lowest BCUT2D eigenvalue weighted by molar-refractivity contribution is -0.217. The van der Waals surface area contributed by atoms with Gasteiger partial charge in [-0.25, -0.2) is 0 Å². The molecule has 5 heteroatoms. The second kappa shape index (κ2) is 8.53. The van der Waals surface area contributed by atoms with E-state index in [2.05, 4.69) is 34.6 Å². The first-order chi connectivity index (χ1) is 14.9. The molecule has 4 aliphatic rings. The SMILES string of the molecule is CC(C)[C@H](C)[C@@H](O)[C@H](O)[C@@H](C)[C@H]1CC[C@H]2[C@@H]3OC(=O)[C@H]4C[C@H](O)CC[C@]4(C)[C@H]3CC[C@]12C. The van der Waals surface area contributed by atoms with E-state index in [-0.39, 0.29) is 46.8 Å². The van der Waals surface area contributed by atoms with Crippen LogP contribution in [0.2, 0.25) is 0 Å². The summed E-state index contributed by atoms with van der Waals surface area (Å²) < 4.78 is 6.20. The number of fused-ring (bicyclic) bond motifs is 5. The molecule has 0 aromatic rings. The number of carbonyl (C=O) groups excluding carboxylic acids is 1. The molecule has 0 aromatic carbocycles. The van der Waals surface area contributed by atoms with Crippen molar-refractivity contribution in [3.05, 3.63) is 0 Å². The van der Waals surface area contributed by atoms with Crippen LogP contribution in [0.25, 0.3) is 0 Å². The molecule has 0 amide bonds. The summed E-state index contributed by atoms with van der Waals surface area (Å²) in [6, 6.07) is 0. The van der Waals surface area contributed by atoms with Gasteiger partial charge in [-0.05, 0) is 79.4 Å². The molecule has 32 heavy (non-hydrogen) atoms. The maximum atomic E-state index is 13.1. The van der Waals surface area contributed by atoms with Crippen LogP contribution in [0.3, 0.4) is 0 Å². The van der Waals surface area contributed by atoms with Crippen LogP contribution in [-0.4, -0.2) is 45.7 Å². The molecule has 0 aromatic heterocycles. The summed E-state index contributed by atoms with van der Waals surface area (Å²) in [5, 5.41) is 32.1. The summed E-state index contributed by atoms with van der Waals surface area (Å²) in [6.45, 7) is 12.9. The van der Waals surface area contributed by atoms with Gasteiger partial charge in [0, 0.05) is 11.8 Å². The summed E-state index contributed by atoms with van der Waals surface area (Å²) in [7, 11) is 0. The molecule has 0 bridgehead atoms. The third kappa shape index (κ3) is 3.65. The highest BCUT2D eigenvalue weighted by Crippen LogP contribution is 2.65. The van der Waals surface area contributed by atoms with Gasteiger partial charge in [-0.1, -0.05) is 41.5 Å². The molecule has 0 spiro atoms. The highest BCUT2D eigenvalue weighted by molar-refractivity contribution is 5.75. The highest BCUT2D eigenvalue weighted by Gasteiger charge is 2.64. The van der Waals surface area contributed by atoms with E-state index in [0.717, 1.165) is 38.5 Å². The number of ether oxygens (including phenoxy) is 1. The number of aliphatic hydroxyl groups excluding tert-OH is 3. The van der Waals surface area contributed by atoms with Crippen molar-refractivity contribution in [1.82, 2.24) is 0 Å². The van der Waals surface area contributed by atoms with Crippen LogP contribution in [0.15, 0.2) is 0 Å². The van der Waals surface area contributed by atoms with Crippen LogP contribution < -0.4 is 0 Å². The fourth-order valence-electron chi connectivity index (χ4n) is 8.44. The Morgan fingerprint density at radius 2 is 1.53 bits per heavy atom. The zero-order valence-corrected chi connectivity index (χ0v) is 21.0. The van der Waals surface area contributed by atoms with Gasteiger partial charge in [0.1, 0.15) is 6.10 Å². The molecule has 3 saturated carbocycles. The average molecular weight is 451 g/mol. The maximum Gasteiger partial charge on any atom is 0.309 e. The van der Waals surface area contributed by atoms with Crippen molar-refractivity contribution < 1.29 is 24.9 Å². The van der Waals surface area contributed by atoms with Crippen molar-refractivity contribution in [1.29, 1.82) is 0 Å². The van der Waals surface area contributed by atoms with Crippen LogP contribution in [0.4, 0.5) is 0 Å². The maximum absolute atomic E-state index is 13.1. The zero-order chi connectivity index (χ0) is 23.6. The molecule has 1 aliphatic heterocycles. The standard InChI is InChI=1S/C27H46O5/c1-14(2)15(3)22(29)23(30)16(4)18-7-8-19-24-20(10-12-26(18,19)5)27(6)11-9-17(28)13-21(27)25(31)32-24/h14-24,28-30H,7-13H2,1-6H3/t15-,16-,17+,18+,19-,20-,21+,22+,23+,24-,26+,27+/m0/s1. The zero-order valence-electron chi connectivity index (χ0n) is 21.0. The van der Waals surface area contributed by atoms with Crippen molar-refractivity contribution in [3.63, 3.8) is 0 Å². The predicted molar refractivity (Wildman–Crippen MR) is 124 cm³/mol. The quantitative estimate of drug-likeness (QED) is 0.547. The fraction of sp³-hybridized carbons (Fsp3) is 0.963. The molecule has 0 radical (unpaired) electrons. The Bertz CT molecular complexity index is 708. The molecule has 5 nitrogen and oxygen atoms in total. The van der Waals surface area contributed by atoms with E-state index in [1.54, 1.807) is 0 Å². The van der Waals surface area contributed by atoms with Gasteiger partial charge in [-0.2, -0.15) is 0 Å². The van der Waals surface area contributed by atoms with Gasteiger partial charge in [0.25, 0.3) is 0 Å². The number of aliphatic hydroxyl groups is 3. The summed E-state index contributed by atoms with van der Waals surface area (Å²) in [6.07, 6.45) is 4.49. The van der Waals surface area contributed by atoms with E-state index >= 15 is 0 Å².